The SMILES string of the molecule is O=c1[nH]c2c(c(=S)s1)CCC2. The van der Waals surface area contributed by atoms with E-state index in [4.69, 9.17) is 12.2 Å². The summed E-state index contributed by atoms with van der Waals surface area (Å²) in [6.45, 7) is 0. The standard InChI is InChI=1S/C7H7NOS2/c9-7-8-5-3-1-2-4(5)6(10)11-7/h1-3H2,(H,8,9). The molecule has 0 bridgehead atoms. The van der Waals surface area contributed by atoms with Crippen molar-refractivity contribution in [2.24, 2.45) is 0 Å². The van der Waals surface area contributed by atoms with Crippen LogP contribution in [0.25, 0.3) is 0 Å². The summed E-state index contributed by atoms with van der Waals surface area (Å²) >= 11 is 6.21. The van der Waals surface area contributed by atoms with Crippen LogP contribution in [-0.4, -0.2) is 4.98 Å². The van der Waals surface area contributed by atoms with E-state index in [9.17, 15) is 4.79 Å². The van der Waals surface area contributed by atoms with Crippen LogP contribution < -0.4 is 4.87 Å². The smallest absolute Gasteiger partial charge is 0.305 e. The van der Waals surface area contributed by atoms with Gasteiger partial charge in [-0.25, -0.2) is 0 Å². The van der Waals surface area contributed by atoms with Crippen molar-refractivity contribution in [1.29, 1.82) is 0 Å². The number of hydrogen-bond acceptors (Lipinski definition) is 3. The van der Waals surface area contributed by atoms with Gasteiger partial charge in [-0.3, -0.25) is 4.79 Å². The van der Waals surface area contributed by atoms with Crippen molar-refractivity contribution in [3.05, 3.63) is 24.7 Å². The molecular weight excluding hydrogens is 178 g/mol. The van der Waals surface area contributed by atoms with E-state index in [0.717, 1.165) is 40.1 Å². The summed E-state index contributed by atoms with van der Waals surface area (Å²) in [5.74, 6) is 0. The second-order valence-corrected chi connectivity index (χ2v) is 4.26. The second-order valence-electron chi connectivity index (χ2n) is 2.61. The molecule has 2 nitrogen and oxygen atoms in total. The van der Waals surface area contributed by atoms with Gasteiger partial charge in [-0.2, -0.15) is 0 Å². The lowest BCUT2D eigenvalue weighted by Gasteiger charge is -1.94. The molecule has 0 saturated carbocycles. The first-order valence-electron chi connectivity index (χ1n) is 3.52. The Bertz CT molecular complexity index is 390. The molecule has 1 N–H and O–H groups in total. The molecule has 0 unspecified atom stereocenters. The van der Waals surface area contributed by atoms with E-state index in [1.807, 2.05) is 0 Å². The van der Waals surface area contributed by atoms with Crippen molar-refractivity contribution in [3.8, 4) is 0 Å². The van der Waals surface area contributed by atoms with Gasteiger partial charge >= 0.3 is 4.87 Å². The Morgan fingerprint density at radius 2 is 2.27 bits per heavy atom. The van der Waals surface area contributed by atoms with Gasteiger partial charge < -0.3 is 4.98 Å². The van der Waals surface area contributed by atoms with Gasteiger partial charge in [0, 0.05) is 5.69 Å². The summed E-state index contributed by atoms with van der Waals surface area (Å²) in [5.41, 5.74) is 2.27. The van der Waals surface area contributed by atoms with Crippen LogP contribution in [0.1, 0.15) is 17.7 Å². The normalized spacial score (nSPS) is 14.9. The predicted molar refractivity (Wildman–Crippen MR) is 47.8 cm³/mol. The van der Waals surface area contributed by atoms with Gasteiger partial charge in [-0.15, -0.1) is 0 Å². The summed E-state index contributed by atoms with van der Waals surface area (Å²) in [5, 5.41) is 0. The third kappa shape index (κ3) is 1.16. The summed E-state index contributed by atoms with van der Waals surface area (Å²) in [6.07, 6.45) is 3.16. The predicted octanol–water partition coefficient (Wildman–Crippen LogP) is 1.65. The maximum absolute atomic E-state index is 10.9. The van der Waals surface area contributed by atoms with Crippen molar-refractivity contribution in [1.82, 2.24) is 4.98 Å². The highest BCUT2D eigenvalue weighted by atomic mass is 32.1. The van der Waals surface area contributed by atoms with Crippen LogP contribution in [0.3, 0.4) is 0 Å². The molecule has 0 spiro atoms. The average Bonchev–Trinajstić information content (AvgIpc) is 2.34. The number of aryl methyl sites for hydroxylation is 1. The molecule has 0 fully saturated rings. The van der Waals surface area contributed by atoms with Gasteiger partial charge in [0.2, 0.25) is 0 Å². The zero-order valence-corrected chi connectivity index (χ0v) is 7.48. The minimum Gasteiger partial charge on any atom is -0.317 e. The second kappa shape index (κ2) is 2.53. The maximum atomic E-state index is 10.9. The molecular formula is C7H7NOS2. The van der Waals surface area contributed by atoms with E-state index < -0.39 is 0 Å². The van der Waals surface area contributed by atoms with Crippen LogP contribution >= 0.6 is 23.6 Å². The van der Waals surface area contributed by atoms with Crippen LogP contribution in [0.15, 0.2) is 4.79 Å². The number of rotatable bonds is 0. The number of aromatic amines is 1. The lowest BCUT2D eigenvalue weighted by atomic mass is 10.3. The molecule has 1 heterocycles. The topological polar surface area (TPSA) is 32.9 Å². The highest BCUT2D eigenvalue weighted by Gasteiger charge is 2.12. The first-order valence-corrected chi connectivity index (χ1v) is 4.75. The minimum atomic E-state index is -0.0179. The molecule has 58 valence electrons. The van der Waals surface area contributed by atoms with Crippen molar-refractivity contribution in [2.45, 2.75) is 19.3 Å². The third-order valence-electron chi connectivity index (χ3n) is 1.90. The summed E-state index contributed by atoms with van der Waals surface area (Å²) in [7, 11) is 0. The fraction of sp³-hybridized carbons (Fsp3) is 0.429. The molecule has 11 heavy (non-hydrogen) atoms. The monoisotopic (exact) mass is 185 g/mol. The third-order valence-corrected chi connectivity index (χ3v) is 3.12. The molecule has 2 rings (SSSR count). The largest absolute Gasteiger partial charge is 0.317 e. The Morgan fingerprint density at radius 3 is 3.09 bits per heavy atom. The first-order chi connectivity index (χ1) is 5.27. The van der Waals surface area contributed by atoms with Gasteiger partial charge in [0.05, 0.1) is 0 Å². The van der Waals surface area contributed by atoms with E-state index >= 15 is 0 Å². The molecule has 0 radical (unpaired) electrons. The Balaban J connectivity index is 2.80. The van der Waals surface area contributed by atoms with Crippen molar-refractivity contribution >= 4 is 23.6 Å². The molecule has 1 aliphatic rings. The summed E-state index contributed by atoms with van der Waals surface area (Å²) in [4.78, 5) is 13.8. The molecule has 1 aromatic rings. The van der Waals surface area contributed by atoms with E-state index in [1.54, 1.807) is 0 Å². The molecule has 0 saturated heterocycles. The van der Waals surface area contributed by atoms with Gasteiger partial charge in [0.25, 0.3) is 0 Å². The number of hydrogen-bond donors (Lipinski definition) is 1. The van der Waals surface area contributed by atoms with E-state index in [2.05, 4.69) is 4.98 Å². The van der Waals surface area contributed by atoms with Crippen molar-refractivity contribution < 1.29 is 0 Å². The lowest BCUT2D eigenvalue weighted by Crippen LogP contribution is -2.03. The summed E-state index contributed by atoms with van der Waals surface area (Å²) < 4.78 is 0.779. The average molecular weight is 185 g/mol. The molecule has 4 heteroatoms. The van der Waals surface area contributed by atoms with Crippen LogP contribution in [0.5, 0.6) is 0 Å². The number of fused-ring (bicyclic) bond motifs is 1. The Morgan fingerprint density at radius 1 is 1.45 bits per heavy atom. The molecule has 1 aromatic heterocycles. The van der Waals surface area contributed by atoms with Gasteiger partial charge in [0.15, 0.2) is 0 Å². The van der Waals surface area contributed by atoms with Crippen molar-refractivity contribution in [3.63, 3.8) is 0 Å². The highest BCUT2D eigenvalue weighted by molar-refractivity contribution is 7.73. The number of aromatic nitrogens is 1. The van der Waals surface area contributed by atoms with E-state index in [0.29, 0.717) is 0 Å². The zero-order chi connectivity index (χ0) is 7.84. The number of H-pyrrole nitrogens is 1. The molecule has 0 amide bonds. The van der Waals surface area contributed by atoms with Crippen LogP contribution in [0.4, 0.5) is 0 Å². The van der Waals surface area contributed by atoms with Crippen molar-refractivity contribution in [2.75, 3.05) is 0 Å². The van der Waals surface area contributed by atoms with Crippen LogP contribution in [-0.2, 0) is 12.8 Å². The highest BCUT2D eigenvalue weighted by Crippen LogP contribution is 2.20. The molecule has 1 aliphatic carbocycles. The van der Waals surface area contributed by atoms with Crippen LogP contribution in [0, 0.1) is 3.82 Å². The first kappa shape index (κ1) is 7.18. The van der Waals surface area contributed by atoms with Gasteiger partial charge in [0.1, 0.15) is 3.82 Å². The summed E-state index contributed by atoms with van der Waals surface area (Å²) in [6, 6.07) is 0. The Kier molecular flexibility index (Phi) is 1.65. The molecule has 0 aliphatic heterocycles. The maximum Gasteiger partial charge on any atom is 0.305 e. The lowest BCUT2D eigenvalue weighted by molar-refractivity contribution is 0.897. The Hall–Kier alpha value is -0.480. The van der Waals surface area contributed by atoms with E-state index in [-0.39, 0.29) is 4.87 Å². The minimum absolute atomic E-state index is 0.0179. The van der Waals surface area contributed by atoms with Gasteiger partial charge in [-0.1, -0.05) is 23.6 Å². The van der Waals surface area contributed by atoms with Crippen LogP contribution in [0.2, 0.25) is 0 Å². The number of nitrogens with one attached hydrogen (secondary N) is 1. The zero-order valence-electron chi connectivity index (χ0n) is 5.85. The van der Waals surface area contributed by atoms with E-state index in [1.165, 1.54) is 5.56 Å². The fourth-order valence-electron chi connectivity index (χ4n) is 1.40. The quantitative estimate of drug-likeness (QED) is 0.623. The molecule has 0 aromatic carbocycles. The fourth-order valence-corrected chi connectivity index (χ4v) is 2.54. The van der Waals surface area contributed by atoms with Gasteiger partial charge in [-0.05, 0) is 24.8 Å². The Labute approximate surface area is 72.9 Å². The molecule has 0 atom stereocenters.